The van der Waals surface area contributed by atoms with Crippen molar-refractivity contribution in [3.05, 3.63) is 70.9 Å². The molecule has 37 heavy (non-hydrogen) atoms. The molecule has 1 aliphatic rings. The van der Waals surface area contributed by atoms with E-state index in [9.17, 15) is 9.18 Å². The number of imidazole rings is 1. The molecule has 1 amide bonds. The number of nitrogens with zero attached hydrogens (tertiary/aromatic N) is 5. The van der Waals surface area contributed by atoms with E-state index in [0.717, 1.165) is 24.3 Å². The number of piperazine rings is 1. The Kier molecular flexibility index (Phi) is 6.90. The number of rotatable bonds is 6. The number of benzene rings is 2. The fraction of sp³-hybridized carbons (Fsp3) is 0.231. The van der Waals surface area contributed by atoms with E-state index < -0.39 is 5.82 Å². The number of anilines is 2. The Balaban J connectivity index is 1.42. The van der Waals surface area contributed by atoms with Gasteiger partial charge < -0.3 is 20.3 Å². The number of halogens is 2. The zero-order valence-corrected chi connectivity index (χ0v) is 20.7. The van der Waals surface area contributed by atoms with Crippen molar-refractivity contribution >= 4 is 34.7 Å². The van der Waals surface area contributed by atoms with Crippen LogP contribution in [0.15, 0.2) is 48.9 Å². The van der Waals surface area contributed by atoms with Gasteiger partial charge in [-0.3, -0.25) is 9.20 Å². The summed E-state index contributed by atoms with van der Waals surface area (Å²) < 4.78 is 21.6. The summed E-state index contributed by atoms with van der Waals surface area (Å²) >= 11 is 6.31. The van der Waals surface area contributed by atoms with Crippen molar-refractivity contribution in [2.45, 2.75) is 6.92 Å². The highest BCUT2D eigenvalue weighted by molar-refractivity contribution is 6.33. The fourth-order valence-electron chi connectivity index (χ4n) is 4.31. The summed E-state index contributed by atoms with van der Waals surface area (Å²) in [7, 11) is 0. The van der Waals surface area contributed by atoms with Gasteiger partial charge in [-0.1, -0.05) is 11.6 Å². The number of hydrogen-bond donors (Lipinski definition) is 2. The third-order valence-electron chi connectivity index (χ3n) is 6.17. The first kappa shape index (κ1) is 24.5. The Morgan fingerprint density at radius 1 is 1.27 bits per heavy atom. The number of nitriles is 1. The summed E-state index contributed by atoms with van der Waals surface area (Å²) in [4.78, 5) is 23.7. The molecule has 3 heterocycles. The maximum absolute atomic E-state index is 14.7. The van der Waals surface area contributed by atoms with Crippen molar-refractivity contribution in [1.29, 1.82) is 5.26 Å². The van der Waals surface area contributed by atoms with E-state index in [4.69, 9.17) is 21.6 Å². The van der Waals surface area contributed by atoms with Gasteiger partial charge in [-0.25, -0.2) is 14.4 Å². The molecule has 0 atom stereocenters. The molecule has 2 aromatic heterocycles. The van der Waals surface area contributed by atoms with E-state index >= 15 is 0 Å². The van der Waals surface area contributed by atoms with Gasteiger partial charge in [0.25, 0.3) is 5.91 Å². The quantitative estimate of drug-likeness (QED) is 0.393. The maximum Gasteiger partial charge on any atom is 0.254 e. The van der Waals surface area contributed by atoms with Crippen LogP contribution >= 0.6 is 11.6 Å². The van der Waals surface area contributed by atoms with Gasteiger partial charge in [0.05, 0.1) is 16.9 Å². The van der Waals surface area contributed by atoms with Gasteiger partial charge in [-0.2, -0.15) is 5.26 Å². The molecule has 0 bridgehead atoms. The van der Waals surface area contributed by atoms with Crippen LogP contribution in [-0.2, 0) is 0 Å². The topological polar surface area (TPSA) is 108 Å². The molecular weight excluding hydrogens is 497 g/mol. The molecule has 0 saturated carbocycles. The van der Waals surface area contributed by atoms with E-state index in [1.165, 1.54) is 6.07 Å². The minimum absolute atomic E-state index is 0.0248. The van der Waals surface area contributed by atoms with Crippen LogP contribution in [0.2, 0.25) is 5.02 Å². The average molecular weight is 520 g/mol. The molecule has 1 fully saturated rings. The highest BCUT2D eigenvalue weighted by Gasteiger charge is 2.21. The van der Waals surface area contributed by atoms with Crippen molar-refractivity contribution in [2.75, 3.05) is 38.1 Å². The lowest BCUT2D eigenvalue weighted by Crippen LogP contribution is -2.46. The first-order valence-electron chi connectivity index (χ1n) is 11.7. The second kappa shape index (κ2) is 10.4. The number of fused-ring (bicyclic) bond motifs is 1. The Morgan fingerprint density at radius 2 is 2.08 bits per heavy atom. The smallest absolute Gasteiger partial charge is 0.254 e. The van der Waals surface area contributed by atoms with Gasteiger partial charge in [0.1, 0.15) is 6.07 Å². The molecule has 2 aromatic carbocycles. The standard InChI is InChI=1S/C26H23ClFN7O2/c1-16-14-17(2-3-18(16)26(36)34-10-7-30-8-11-34)33-24-25-32-15-20(35(25)12-9-31-24)19-4-5-21(37-13-6-29)23(28)22(19)27/h2-5,9,12,14-15,30H,7-8,10-11,13H2,1H3,(H,31,33). The number of carbonyl (C=O) groups excluding carboxylic acids is 1. The lowest BCUT2D eigenvalue weighted by molar-refractivity contribution is 0.0735. The molecular formula is C26H23ClFN7O2. The number of nitrogens with one attached hydrogen (secondary N) is 2. The minimum atomic E-state index is -0.748. The lowest BCUT2D eigenvalue weighted by Gasteiger charge is -2.28. The molecule has 4 aromatic rings. The molecule has 1 aliphatic heterocycles. The highest BCUT2D eigenvalue weighted by atomic mass is 35.5. The van der Waals surface area contributed by atoms with Crippen molar-refractivity contribution < 1.29 is 13.9 Å². The fourth-order valence-corrected chi connectivity index (χ4v) is 4.57. The van der Waals surface area contributed by atoms with E-state index in [-0.39, 0.29) is 23.3 Å². The van der Waals surface area contributed by atoms with Crippen molar-refractivity contribution in [3.8, 4) is 23.1 Å². The molecule has 2 N–H and O–H groups in total. The number of hydrogen-bond acceptors (Lipinski definition) is 7. The molecule has 188 valence electrons. The van der Waals surface area contributed by atoms with Crippen LogP contribution in [-0.4, -0.2) is 58.0 Å². The van der Waals surface area contributed by atoms with Crippen LogP contribution in [0.25, 0.3) is 16.9 Å². The number of aromatic nitrogens is 3. The van der Waals surface area contributed by atoms with E-state index in [1.54, 1.807) is 35.1 Å². The van der Waals surface area contributed by atoms with Crippen molar-refractivity contribution in [3.63, 3.8) is 0 Å². The summed E-state index contributed by atoms with van der Waals surface area (Å²) in [5.41, 5.74) is 3.76. The minimum Gasteiger partial charge on any atom is -0.476 e. The Morgan fingerprint density at radius 3 is 2.84 bits per heavy atom. The Hall–Kier alpha value is -4.20. The summed E-state index contributed by atoms with van der Waals surface area (Å²) in [6, 6.07) is 10.4. The Bertz CT molecular complexity index is 1530. The molecule has 11 heteroatoms. The SMILES string of the molecule is Cc1cc(Nc2nccn3c(-c4ccc(OCC#N)c(F)c4Cl)cnc23)ccc1C(=O)N1CCNCC1. The zero-order chi connectivity index (χ0) is 25.9. The normalized spacial score (nSPS) is 13.4. The van der Waals surface area contributed by atoms with Crippen LogP contribution in [0.1, 0.15) is 15.9 Å². The van der Waals surface area contributed by atoms with Gasteiger partial charge in [0.15, 0.2) is 29.6 Å². The van der Waals surface area contributed by atoms with Crippen LogP contribution in [0.5, 0.6) is 5.75 Å². The van der Waals surface area contributed by atoms with Gasteiger partial charge in [-0.15, -0.1) is 0 Å². The van der Waals surface area contributed by atoms with Crippen LogP contribution in [0.3, 0.4) is 0 Å². The highest BCUT2D eigenvalue weighted by Crippen LogP contribution is 2.36. The third kappa shape index (κ3) is 4.79. The summed E-state index contributed by atoms with van der Waals surface area (Å²) in [5, 5.41) is 15.1. The van der Waals surface area contributed by atoms with Crippen molar-refractivity contribution in [1.82, 2.24) is 24.6 Å². The number of ether oxygens (including phenoxy) is 1. The molecule has 9 nitrogen and oxygen atoms in total. The van der Waals surface area contributed by atoms with Crippen LogP contribution in [0.4, 0.5) is 15.9 Å². The maximum atomic E-state index is 14.7. The first-order chi connectivity index (χ1) is 18.0. The van der Waals surface area contributed by atoms with Gasteiger partial charge in [0, 0.05) is 55.4 Å². The molecule has 0 aliphatic carbocycles. The van der Waals surface area contributed by atoms with E-state index in [2.05, 4.69) is 20.6 Å². The molecule has 0 unspecified atom stereocenters. The van der Waals surface area contributed by atoms with Gasteiger partial charge in [0.2, 0.25) is 0 Å². The number of amides is 1. The molecule has 1 saturated heterocycles. The average Bonchev–Trinajstić information content (AvgIpc) is 3.35. The summed E-state index contributed by atoms with van der Waals surface area (Å²) in [6.45, 7) is 4.59. The molecule has 0 spiro atoms. The summed E-state index contributed by atoms with van der Waals surface area (Å²) in [5.74, 6) is -0.332. The third-order valence-corrected chi connectivity index (χ3v) is 6.54. The van der Waals surface area contributed by atoms with Gasteiger partial charge >= 0.3 is 0 Å². The number of aryl methyl sites for hydroxylation is 1. The second-order valence-corrected chi connectivity index (χ2v) is 8.87. The molecule has 0 radical (unpaired) electrons. The first-order valence-corrected chi connectivity index (χ1v) is 12.0. The summed E-state index contributed by atoms with van der Waals surface area (Å²) in [6.07, 6.45) is 4.89. The van der Waals surface area contributed by atoms with Crippen LogP contribution < -0.4 is 15.4 Å². The number of carbonyl (C=O) groups is 1. The van der Waals surface area contributed by atoms with E-state index in [1.807, 2.05) is 30.0 Å². The zero-order valence-electron chi connectivity index (χ0n) is 20.0. The molecule has 5 rings (SSSR count). The monoisotopic (exact) mass is 519 g/mol. The second-order valence-electron chi connectivity index (χ2n) is 8.50. The van der Waals surface area contributed by atoms with Crippen molar-refractivity contribution in [2.24, 2.45) is 0 Å². The van der Waals surface area contributed by atoms with Gasteiger partial charge in [-0.05, 0) is 42.8 Å². The largest absolute Gasteiger partial charge is 0.476 e. The predicted molar refractivity (Wildman–Crippen MR) is 138 cm³/mol. The lowest BCUT2D eigenvalue weighted by atomic mass is 10.1. The van der Waals surface area contributed by atoms with Crippen LogP contribution in [0, 0.1) is 24.1 Å². The van der Waals surface area contributed by atoms with E-state index in [0.29, 0.717) is 41.4 Å². The predicted octanol–water partition coefficient (Wildman–Crippen LogP) is 4.19. The Labute approximate surface area is 217 Å².